The van der Waals surface area contributed by atoms with Gasteiger partial charge in [0.25, 0.3) is 11.8 Å². The first kappa shape index (κ1) is 26.1. The minimum Gasteiger partial charge on any atom is -0.506 e. The quantitative estimate of drug-likeness (QED) is 0.445. The number of likely N-dealkylation sites (N-methyl/N-ethyl adjacent to an activating group) is 1. The van der Waals surface area contributed by atoms with Crippen LogP contribution in [-0.2, 0) is 0 Å². The van der Waals surface area contributed by atoms with Crippen LogP contribution in [-0.4, -0.2) is 55.0 Å². The first-order valence-corrected chi connectivity index (χ1v) is 11.5. The summed E-state index contributed by atoms with van der Waals surface area (Å²) in [4.78, 5) is 30.3. The molecule has 7 nitrogen and oxygen atoms in total. The van der Waals surface area contributed by atoms with E-state index >= 15 is 0 Å². The second-order valence-electron chi connectivity index (χ2n) is 8.67. The molecule has 0 aliphatic carbocycles. The lowest BCUT2D eigenvalue weighted by atomic mass is 10.1. The van der Waals surface area contributed by atoms with E-state index in [1.54, 1.807) is 36.4 Å². The monoisotopic (exact) mass is 494 g/mol. The summed E-state index contributed by atoms with van der Waals surface area (Å²) in [7, 11) is 2.13. The number of halogens is 1. The number of rotatable bonds is 5. The number of aryl methyl sites for hydroxylation is 1. The van der Waals surface area contributed by atoms with Crippen LogP contribution in [0.4, 0.5) is 17.1 Å². The van der Waals surface area contributed by atoms with E-state index in [2.05, 4.69) is 27.5 Å². The second kappa shape index (κ2) is 11.7. The van der Waals surface area contributed by atoms with Crippen molar-refractivity contribution in [1.29, 1.82) is 0 Å². The van der Waals surface area contributed by atoms with Crippen molar-refractivity contribution in [3.8, 4) is 5.75 Å². The molecule has 0 atom stereocenters. The summed E-state index contributed by atoms with van der Waals surface area (Å²) in [5.74, 6) is -0.812. The fraction of sp³-hybridized carbons (Fsp3) is 0.259. The fourth-order valence-corrected chi connectivity index (χ4v) is 4.07. The zero-order valence-corrected chi connectivity index (χ0v) is 20.8. The van der Waals surface area contributed by atoms with Gasteiger partial charge >= 0.3 is 0 Å². The third-order valence-electron chi connectivity index (χ3n) is 6.02. The molecule has 1 aliphatic heterocycles. The Morgan fingerprint density at radius 1 is 0.829 bits per heavy atom. The Hall–Kier alpha value is -3.55. The van der Waals surface area contributed by atoms with Crippen LogP contribution in [0.1, 0.15) is 32.7 Å². The van der Waals surface area contributed by atoms with Crippen molar-refractivity contribution in [2.24, 2.45) is 0 Å². The number of carbonyl (C=O) groups excluding carboxylic acids is 2. The molecule has 0 spiro atoms. The van der Waals surface area contributed by atoms with Gasteiger partial charge in [0.15, 0.2) is 0 Å². The van der Waals surface area contributed by atoms with Crippen molar-refractivity contribution in [3.63, 3.8) is 0 Å². The van der Waals surface area contributed by atoms with Gasteiger partial charge in [0.2, 0.25) is 0 Å². The molecule has 1 aliphatic rings. The Morgan fingerprint density at radius 3 is 2.29 bits per heavy atom. The van der Waals surface area contributed by atoms with Crippen LogP contribution in [0.25, 0.3) is 0 Å². The predicted octanol–water partition coefficient (Wildman–Crippen LogP) is 4.77. The molecule has 8 heteroatoms. The molecule has 1 heterocycles. The van der Waals surface area contributed by atoms with E-state index in [4.69, 9.17) is 0 Å². The van der Waals surface area contributed by atoms with Gasteiger partial charge < -0.3 is 25.5 Å². The minimum absolute atomic E-state index is 0. The topological polar surface area (TPSA) is 84.9 Å². The van der Waals surface area contributed by atoms with Gasteiger partial charge in [-0.2, -0.15) is 0 Å². The van der Waals surface area contributed by atoms with Gasteiger partial charge in [0, 0.05) is 36.4 Å². The standard InChI is InChI=1S/C27H30N4O3.ClH/c1-19-6-3-7-21(18-19)27(34)28-23-8-4-9-24(32)25(23)29-26(33)20-10-12-22(13-11-20)31-15-5-14-30(2)16-17-31;/h3-4,6-13,18,32H,5,14-17H2,1-2H3,(H,28,34)(H,29,33);1H. The Morgan fingerprint density at radius 2 is 1.54 bits per heavy atom. The second-order valence-corrected chi connectivity index (χ2v) is 8.67. The van der Waals surface area contributed by atoms with Crippen LogP contribution in [0.15, 0.2) is 66.7 Å². The van der Waals surface area contributed by atoms with Gasteiger partial charge in [-0.3, -0.25) is 9.59 Å². The summed E-state index contributed by atoms with van der Waals surface area (Å²) < 4.78 is 0. The molecule has 35 heavy (non-hydrogen) atoms. The predicted molar refractivity (Wildman–Crippen MR) is 143 cm³/mol. The number of anilines is 3. The molecular weight excluding hydrogens is 464 g/mol. The highest BCUT2D eigenvalue weighted by Crippen LogP contribution is 2.32. The van der Waals surface area contributed by atoms with Crippen molar-refractivity contribution in [2.45, 2.75) is 13.3 Å². The van der Waals surface area contributed by atoms with Crippen molar-refractivity contribution < 1.29 is 14.7 Å². The lowest BCUT2D eigenvalue weighted by Gasteiger charge is -2.23. The number of phenolic OH excluding ortho intramolecular Hbond substituents is 1. The van der Waals surface area contributed by atoms with Crippen molar-refractivity contribution in [2.75, 3.05) is 48.8 Å². The zero-order chi connectivity index (χ0) is 24.1. The van der Waals surface area contributed by atoms with E-state index in [0.29, 0.717) is 16.8 Å². The average molecular weight is 495 g/mol. The minimum atomic E-state index is -0.366. The third kappa shape index (κ3) is 6.53. The van der Waals surface area contributed by atoms with Gasteiger partial charge in [0.05, 0.1) is 5.69 Å². The number of phenols is 1. The fourth-order valence-electron chi connectivity index (χ4n) is 4.07. The first-order valence-electron chi connectivity index (χ1n) is 11.5. The highest BCUT2D eigenvalue weighted by Gasteiger charge is 2.17. The first-order chi connectivity index (χ1) is 16.4. The van der Waals surface area contributed by atoms with Crippen LogP contribution in [0, 0.1) is 6.92 Å². The van der Waals surface area contributed by atoms with Crippen molar-refractivity contribution in [1.82, 2.24) is 4.90 Å². The molecule has 0 saturated carbocycles. The molecule has 1 saturated heterocycles. The molecule has 0 radical (unpaired) electrons. The van der Waals surface area contributed by atoms with Gasteiger partial charge in [-0.1, -0.05) is 23.8 Å². The number of amides is 2. The maximum absolute atomic E-state index is 12.9. The molecule has 0 unspecified atom stereocenters. The molecule has 4 rings (SSSR count). The van der Waals surface area contributed by atoms with E-state index in [1.165, 1.54) is 6.07 Å². The Bertz CT molecular complexity index is 1180. The summed E-state index contributed by atoms with van der Waals surface area (Å²) >= 11 is 0. The number of benzene rings is 3. The van der Waals surface area contributed by atoms with E-state index in [1.807, 2.05) is 31.2 Å². The van der Waals surface area contributed by atoms with Crippen LogP contribution in [0.3, 0.4) is 0 Å². The van der Waals surface area contributed by atoms with E-state index < -0.39 is 0 Å². The highest BCUT2D eigenvalue weighted by molar-refractivity contribution is 6.11. The summed E-state index contributed by atoms with van der Waals surface area (Å²) in [6, 6.07) is 19.4. The maximum Gasteiger partial charge on any atom is 0.255 e. The van der Waals surface area contributed by atoms with Crippen molar-refractivity contribution in [3.05, 3.63) is 83.4 Å². The maximum atomic E-state index is 12.9. The van der Waals surface area contributed by atoms with E-state index in [9.17, 15) is 14.7 Å². The number of para-hydroxylation sites is 1. The SMILES string of the molecule is Cc1cccc(C(=O)Nc2cccc(O)c2NC(=O)c2ccc(N3CCCN(C)CC3)cc2)c1.Cl. The number of nitrogens with one attached hydrogen (secondary N) is 2. The molecule has 3 N–H and O–H groups in total. The molecule has 3 aromatic carbocycles. The van der Waals surface area contributed by atoms with Crippen LogP contribution in [0.2, 0.25) is 0 Å². The highest BCUT2D eigenvalue weighted by atomic mass is 35.5. The largest absolute Gasteiger partial charge is 0.506 e. The number of nitrogens with zero attached hydrogens (tertiary/aromatic N) is 2. The zero-order valence-electron chi connectivity index (χ0n) is 20.0. The molecule has 0 aromatic heterocycles. The van der Waals surface area contributed by atoms with E-state index in [0.717, 1.165) is 43.9 Å². The molecule has 184 valence electrons. The normalized spacial score (nSPS) is 13.9. The number of hydrogen-bond acceptors (Lipinski definition) is 5. The average Bonchev–Trinajstić information content (AvgIpc) is 3.05. The number of aromatic hydroxyl groups is 1. The van der Waals surface area contributed by atoms with Crippen LogP contribution < -0.4 is 15.5 Å². The summed E-state index contributed by atoms with van der Waals surface area (Å²) in [6.07, 6.45) is 1.10. The molecule has 2 amide bonds. The molecule has 0 bridgehead atoms. The van der Waals surface area contributed by atoms with Gasteiger partial charge in [-0.05, 0) is 75.5 Å². The summed E-state index contributed by atoms with van der Waals surface area (Å²) in [6.45, 7) is 5.93. The number of hydrogen-bond donors (Lipinski definition) is 3. The number of carbonyl (C=O) groups is 2. The van der Waals surface area contributed by atoms with Crippen LogP contribution in [0.5, 0.6) is 5.75 Å². The van der Waals surface area contributed by atoms with E-state index in [-0.39, 0.29) is 35.7 Å². The van der Waals surface area contributed by atoms with Gasteiger partial charge in [-0.15, -0.1) is 12.4 Å². The Labute approximate surface area is 212 Å². The Kier molecular flexibility index (Phi) is 8.73. The summed E-state index contributed by atoms with van der Waals surface area (Å²) in [5, 5.41) is 15.9. The molecular formula is C27H31ClN4O3. The third-order valence-corrected chi connectivity index (χ3v) is 6.02. The lowest BCUT2D eigenvalue weighted by molar-refractivity contribution is 0.101. The Balaban J connectivity index is 0.00000342. The smallest absolute Gasteiger partial charge is 0.255 e. The van der Waals surface area contributed by atoms with Gasteiger partial charge in [-0.25, -0.2) is 0 Å². The lowest BCUT2D eigenvalue weighted by Crippen LogP contribution is -2.28. The van der Waals surface area contributed by atoms with Gasteiger partial charge in [0.1, 0.15) is 11.4 Å². The summed E-state index contributed by atoms with van der Waals surface area (Å²) in [5.41, 5.74) is 3.50. The van der Waals surface area contributed by atoms with Crippen molar-refractivity contribution >= 4 is 41.3 Å². The molecule has 1 fully saturated rings. The molecule has 3 aromatic rings. The van der Waals surface area contributed by atoms with Crippen LogP contribution >= 0.6 is 12.4 Å².